The fourth-order valence-corrected chi connectivity index (χ4v) is 2.25. The highest BCUT2D eigenvalue weighted by molar-refractivity contribution is 14.1. The zero-order chi connectivity index (χ0) is 17.2. The summed E-state index contributed by atoms with van der Waals surface area (Å²) in [4.78, 5) is 36.7. The highest BCUT2D eigenvalue weighted by Gasteiger charge is 2.24. The Hall–Kier alpha value is -1.64. The number of benzene rings is 1. The summed E-state index contributed by atoms with van der Waals surface area (Å²) in [5.74, 6) is -1.96. The molecule has 126 valence electrons. The summed E-state index contributed by atoms with van der Waals surface area (Å²) >= 11 is 2.15. The van der Waals surface area contributed by atoms with E-state index in [1.54, 1.807) is 26.0 Å². The predicted octanol–water partition coefficient (Wildman–Crippen LogP) is 2.53. The van der Waals surface area contributed by atoms with E-state index in [0.29, 0.717) is 18.7 Å². The average molecular weight is 433 g/mol. The Balaban J connectivity index is 2.80. The molecule has 0 saturated carbocycles. The van der Waals surface area contributed by atoms with Gasteiger partial charge in [-0.25, -0.2) is 4.79 Å². The van der Waals surface area contributed by atoms with E-state index >= 15 is 0 Å². The lowest BCUT2D eigenvalue weighted by Crippen LogP contribution is -2.38. The zero-order valence-corrected chi connectivity index (χ0v) is 15.4. The molecule has 0 unspecified atom stereocenters. The molecule has 23 heavy (non-hydrogen) atoms. The monoisotopic (exact) mass is 433 g/mol. The number of carbonyl (C=O) groups is 3. The van der Waals surface area contributed by atoms with Crippen molar-refractivity contribution in [2.75, 3.05) is 24.7 Å². The van der Waals surface area contributed by atoms with Crippen LogP contribution in [0.5, 0.6) is 0 Å². The molecular weight excluding hydrogens is 413 g/mol. The third-order valence-corrected chi connectivity index (χ3v) is 3.62. The minimum atomic E-state index is -0.901. The summed E-state index contributed by atoms with van der Waals surface area (Å²) in [7, 11) is 0. The Morgan fingerprint density at radius 1 is 1.04 bits per heavy atom. The van der Waals surface area contributed by atoms with Gasteiger partial charge in [-0.15, -0.1) is 0 Å². The van der Waals surface area contributed by atoms with Crippen LogP contribution in [0.4, 0.5) is 5.69 Å². The average Bonchev–Trinajstić information content (AvgIpc) is 2.52. The normalized spacial score (nSPS) is 10.0. The summed E-state index contributed by atoms with van der Waals surface area (Å²) < 4.78 is 10.6. The first kappa shape index (κ1) is 19.4. The summed E-state index contributed by atoms with van der Waals surface area (Å²) in [6, 6.07) is 7.19. The van der Waals surface area contributed by atoms with E-state index in [1.165, 1.54) is 4.90 Å². The second-order valence-electron chi connectivity index (χ2n) is 4.56. The summed E-state index contributed by atoms with van der Waals surface area (Å²) in [5.41, 5.74) is 0.590. The van der Waals surface area contributed by atoms with Crippen LogP contribution < -0.4 is 4.90 Å². The Labute approximate surface area is 149 Å². The predicted molar refractivity (Wildman–Crippen MR) is 94.0 cm³/mol. The Morgan fingerprint density at radius 2 is 1.65 bits per heavy atom. The molecule has 1 rings (SSSR count). The maximum Gasteiger partial charge on any atom is 0.397 e. The van der Waals surface area contributed by atoms with Crippen molar-refractivity contribution in [1.82, 2.24) is 0 Å². The summed E-state index contributed by atoms with van der Waals surface area (Å²) in [5, 5.41) is 0. The quantitative estimate of drug-likeness (QED) is 0.376. The lowest BCUT2D eigenvalue weighted by Gasteiger charge is -2.21. The molecule has 1 aromatic carbocycles. The van der Waals surface area contributed by atoms with E-state index in [9.17, 15) is 14.4 Å². The van der Waals surface area contributed by atoms with Crippen molar-refractivity contribution >= 4 is 46.1 Å². The van der Waals surface area contributed by atoms with Crippen LogP contribution in [-0.4, -0.2) is 37.6 Å². The first-order valence-electron chi connectivity index (χ1n) is 7.39. The molecule has 0 spiro atoms. The zero-order valence-electron chi connectivity index (χ0n) is 13.2. The van der Waals surface area contributed by atoms with Gasteiger partial charge in [0.05, 0.1) is 13.2 Å². The minimum absolute atomic E-state index is 0.133. The topological polar surface area (TPSA) is 72.9 Å². The van der Waals surface area contributed by atoms with Gasteiger partial charge in [0, 0.05) is 22.2 Å². The molecule has 0 heterocycles. The van der Waals surface area contributed by atoms with E-state index < -0.39 is 11.9 Å². The van der Waals surface area contributed by atoms with Crippen LogP contribution in [0.3, 0.4) is 0 Å². The van der Waals surface area contributed by atoms with E-state index in [1.807, 2.05) is 12.1 Å². The molecule has 0 atom stereocenters. The first-order chi connectivity index (χ1) is 11.0. The number of hydrogen-bond donors (Lipinski definition) is 0. The molecule has 0 aromatic heterocycles. The number of hydrogen-bond acceptors (Lipinski definition) is 5. The maximum absolute atomic E-state index is 12.3. The highest BCUT2D eigenvalue weighted by Crippen LogP contribution is 2.18. The number of amides is 1. The molecule has 1 amide bonds. The smallest absolute Gasteiger partial charge is 0.397 e. The maximum atomic E-state index is 12.3. The lowest BCUT2D eigenvalue weighted by molar-refractivity contribution is -0.153. The third kappa shape index (κ3) is 6.55. The number of nitrogens with zero attached hydrogens (tertiary/aromatic N) is 1. The van der Waals surface area contributed by atoms with Crippen LogP contribution >= 0.6 is 22.6 Å². The fourth-order valence-electron chi connectivity index (χ4n) is 1.89. The Morgan fingerprint density at radius 3 is 2.22 bits per heavy atom. The van der Waals surface area contributed by atoms with Gasteiger partial charge in [-0.05, 0) is 67.1 Å². The van der Waals surface area contributed by atoms with Gasteiger partial charge in [0.2, 0.25) is 0 Å². The van der Waals surface area contributed by atoms with Gasteiger partial charge in [-0.3, -0.25) is 9.59 Å². The molecule has 0 aliphatic heterocycles. The van der Waals surface area contributed by atoms with Crippen molar-refractivity contribution in [3.63, 3.8) is 0 Å². The molecule has 0 bridgehead atoms. The number of esters is 2. The van der Waals surface area contributed by atoms with E-state index in [0.717, 1.165) is 3.57 Å². The summed E-state index contributed by atoms with van der Waals surface area (Å²) in [6.45, 7) is 4.06. The van der Waals surface area contributed by atoms with Crippen molar-refractivity contribution < 1.29 is 23.9 Å². The van der Waals surface area contributed by atoms with Gasteiger partial charge in [-0.1, -0.05) is 0 Å². The van der Waals surface area contributed by atoms with Crippen molar-refractivity contribution in [2.24, 2.45) is 0 Å². The number of carbonyl (C=O) groups excluding carboxylic acids is 3. The lowest BCUT2D eigenvalue weighted by atomic mass is 10.2. The minimum Gasteiger partial charge on any atom is -0.466 e. The Bertz CT molecular complexity index is 544. The molecule has 0 N–H and O–H groups in total. The fraction of sp³-hybridized carbons (Fsp3) is 0.438. The van der Waals surface area contributed by atoms with Crippen molar-refractivity contribution in [3.8, 4) is 0 Å². The van der Waals surface area contributed by atoms with Gasteiger partial charge in [0.1, 0.15) is 0 Å². The van der Waals surface area contributed by atoms with Crippen molar-refractivity contribution in [2.45, 2.75) is 26.7 Å². The number of halogens is 1. The standard InChI is InChI=1S/C16H20INO5/c1-3-22-14(19)6-5-11-18(15(20)16(21)23-4-2)13-9-7-12(17)8-10-13/h7-10H,3-6,11H2,1-2H3. The van der Waals surface area contributed by atoms with Crippen molar-refractivity contribution in [3.05, 3.63) is 27.8 Å². The van der Waals surface area contributed by atoms with Gasteiger partial charge < -0.3 is 14.4 Å². The number of rotatable bonds is 7. The van der Waals surface area contributed by atoms with Gasteiger partial charge in [-0.2, -0.15) is 0 Å². The van der Waals surface area contributed by atoms with E-state index in [-0.39, 0.29) is 25.5 Å². The molecule has 0 saturated heterocycles. The largest absolute Gasteiger partial charge is 0.466 e. The van der Waals surface area contributed by atoms with Gasteiger partial charge in [0.15, 0.2) is 0 Å². The molecule has 6 nitrogen and oxygen atoms in total. The molecule has 0 aliphatic carbocycles. The van der Waals surface area contributed by atoms with Crippen molar-refractivity contribution in [1.29, 1.82) is 0 Å². The van der Waals surface area contributed by atoms with E-state index in [2.05, 4.69) is 22.6 Å². The summed E-state index contributed by atoms with van der Waals surface area (Å²) in [6.07, 6.45) is 0.584. The third-order valence-electron chi connectivity index (χ3n) is 2.90. The second kappa shape index (κ2) is 10.2. The second-order valence-corrected chi connectivity index (χ2v) is 5.81. The molecule has 0 radical (unpaired) electrons. The van der Waals surface area contributed by atoms with E-state index in [4.69, 9.17) is 9.47 Å². The number of ether oxygens (including phenoxy) is 2. The molecule has 7 heteroatoms. The van der Waals surface area contributed by atoms with Gasteiger partial charge >= 0.3 is 17.8 Å². The SMILES string of the molecule is CCOC(=O)CCCN(C(=O)C(=O)OCC)c1ccc(I)cc1. The highest BCUT2D eigenvalue weighted by atomic mass is 127. The van der Waals surface area contributed by atoms with Gasteiger partial charge in [0.25, 0.3) is 0 Å². The first-order valence-corrected chi connectivity index (χ1v) is 8.47. The molecule has 0 aliphatic rings. The molecular formula is C16H20INO5. The van der Waals surface area contributed by atoms with Crippen LogP contribution in [-0.2, 0) is 23.9 Å². The number of anilines is 1. The van der Waals surface area contributed by atoms with Crippen LogP contribution in [0, 0.1) is 3.57 Å². The van der Waals surface area contributed by atoms with Crippen LogP contribution in [0.2, 0.25) is 0 Å². The Kier molecular flexibility index (Phi) is 8.60. The molecule has 0 fully saturated rings. The van der Waals surface area contributed by atoms with Crippen LogP contribution in [0.25, 0.3) is 0 Å². The molecule has 1 aromatic rings. The van der Waals surface area contributed by atoms with Crippen LogP contribution in [0.1, 0.15) is 26.7 Å². The van der Waals surface area contributed by atoms with Crippen LogP contribution in [0.15, 0.2) is 24.3 Å².